The molecule has 6 heteroatoms. The summed E-state index contributed by atoms with van der Waals surface area (Å²) < 4.78 is 9.73. The average molecular weight is 246 g/mol. The Morgan fingerprint density at radius 2 is 2.06 bits per heavy atom. The van der Waals surface area contributed by atoms with Gasteiger partial charge in [0.25, 0.3) is 0 Å². The van der Waals surface area contributed by atoms with E-state index in [4.69, 9.17) is 9.47 Å². The summed E-state index contributed by atoms with van der Waals surface area (Å²) in [5, 5.41) is 2.84. The van der Waals surface area contributed by atoms with Crippen molar-refractivity contribution in [3.63, 3.8) is 0 Å². The number of likely N-dealkylation sites (N-methyl/N-ethyl adjacent to an activating group) is 1. The fourth-order valence-electron chi connectivity index (χ4n) is 1.23. The predicted molar refractivity (Wildman–Crippen MR) is 63.6 cm³/mol. The van der Waals surface area contributed by atoms with Gasteiger partial charge in [-0.15, -0.1) is 0 Å². The Balaban J connectivity index is 4.41. The number of rotatable bonds is 8. The Bertz CT molecular complexity index is 246. The zero-order valence-corrected chi connectivity index (χ0v) is 11.0. The van der Waals surface area contributed by atoms with Gasteiger partial charge in [0.2, 0.25) is 5.91 Å². The molecule has 0 saturated carbocycles. The van der Waals surface area contributed by atoms with Crippen molar-refractivity contribution >= 4 is 11.9 Å². The highest BCUT2D eigenvalue weighted by Crippen LogP contribution is 1.97. The lowest BCUT2D eigenvalue weighted by atomic mass is 10.3. The van der Waals surface area contributed by atoms with Gasteiger partial charge in [-0.3, -0.25) is 9.59 Å². The first-order chi connectivity index (χ1) is 8.06. The Morgan fingerprint density at radius 1 is 1.41 bits per heavy atom. The summed E-state index contributed by atoms with van der Waals surface area (Å²) in [6.07, 6.45) is 0. The van der Waals surface area contributed by atoms with Crippen LogP contribution in [0.5, 0.6) is 0 Å². The van der Waals surface area contributed by atoms with Gasteiger partial charge in [0, 0.05) is 13.7 Å². The second-order valence-corrected chi connectivity index (χ2v) is 3.57. The van der Waals surface area contributed by atoms with Gasteiger partial charge < -0.3 is 19.7 Å². The van der Waals surface area contributed by atoms with Crippen LogP contribution in [0.3, 0.4) is 0 Å². The number of carbonyl (C=O) groups excluding carboxylic acids is 2. The summed E-state index contributed by atoms with van der Waals surface area (Å²) in [7, 11) is 3.25. The Labute approximate surface area is 102 Å². The van der Waals surface area contributed by atoms with E-state index in [-0.39, 0.29) is 18.5 Å². The Morgan fingerprint density at radius 3 is 2.53 bits per heavy atom. The van der Waals surface area contributed by atoms with E-state index in [0.29, 0.717) is 19.8 Å². The SMILES string of the molecule is CCOC(=O)CN(CCOC)C(=O)C(C)NC. The molecule has 0 aromatic carbocycles. The van der Waals surface area contributed by atoms with Crippen molar-refractivity contribution in [3.8, 4) is 0 Å². The van der Waals surface area contributed by atoms with Crippen LogP contribution < -0.4 is 5.32 Å². The monoisotopic (exact) mass is 246 g/mol. The van der Waals surface area contributed by atoms with E-state index in [1.54, 1.807) is 28.0 Å². The molecular formula is C11H22N2O4. The molecule has 1 unspecified atom stereocenters. The molecule has 0 aromatic rings. The molecule has 0 radical (unpaired) electrons. The highest BCUT2D eigenvalue weighted by Gasteiger charge is 2.21. The zero-order chi connectivity index (χ0) is 13.3. The lowest BCUT2D eigenvalue weighted by molar-refractivity contribution is -0.149. The van der Waals surface area contributed by atoms with Gasteiger partial charge in [-0.25, -0.2) is 0 Å². The molecule has 0 bridgehead atoms. The maximum Gasteiger partial charge on any atom is 0.325 e. The number of ether oxygens (including phenoxy) is 2. The largest absolute Gasteiger partial charge is 0.465 e. The minimum absolute atomic E-state index is 0.0396. The highest BCUT2D eigenvalue weighted by molar-refractivity contribution is 5.85. The standard InChI is InChI=1S/C11H22N2O4/c1-5-17-10(14)8-13(6-7-16-4)11(15)9(2)12-3/h9,12H,5-8H2,1-4H3. The third-order valence-electron chi connectivity index (χ3n) is 2.31. The van der Waals surface area contributed by atoms with E-state index in [2.05, 4.69) is 5.32 Å². The smallest absolute Gasteiger partial charge is 0.325 e. The van der Waals surface area contributed by atoms with Gasteiger partial charge in [-0.05, 0) is 20.9 Å². The van der Waals surface area contributed by atoms with Gasteiger partial charge in [0.15, 0.2) is 0 Å². The first kappa shape index (κ1) is 15.9. The van der Waals surface area contributed by atoms with Gasteiger partial charge >= 0.3 is 5.97 Å². The number of carbonyl (C=O) groups is 2. The van der Waals surface area contributed by atoms with Crippen LogP contribution in [-0.2, 0) is 19.1 Å². The minimum Gasteiger partial charge on any atom is -0.465 e. The maximum atomic E-state index is 11.9. The van der Waals surface area contributed by atoms with Gasteiger partial charge in [0.1, 0.15) is 6.54 Å². The van der Waals surface area contributed by atoms with Gasteiger partial charge in [-0.2, -0.15) is 0 Å². The third-order valence-corrected chi connectivity index (χ3v) is 2.31. The molecule has 1 atom stereocenters. The number of methoxy groups -OCH3 is 1. The number of nitrogens with zero attached hydrogens (tertiary/aromatic N) is 1. The number of hydrogen-bond acceptors (Lipinski definition) is 5. The van der Waals surface area contributed by atoms with Crippen LogP contribution in [0, 0.1) is 0 Å². The van der Waals surface area contributed by atoms with Crippen molar-refractivity contribution in [3.05, 3.63) is 0 Å². The van der Waals surface area contributed by atoms with E-state index in [0.717, 1.165) is 0 Å². The lowest BCUT2D eigenvalue weighted by Gasteiger charge is -2.24. The van der Waals surface area contributed by atoms with Crippen molar-refractivity contribution in [2.24, 2.45) is 0 Å². The van der Waals surface area contributed by atoms with E-state index < -0.39 is 5.97 Å². The second-order valence-electron chi connectivity index (χ2n) is 3.57. The number of esters is 1. The second kappa shape index (κ2) is 8.95. The molecule has 0 heterocycles. The van der Waals surface area contributed by atoms with Gasteiger partial charge in [0.05, 0.1) is 19.3 Å². The molecule has 1 amide bonds. The number of hydrogen-bond donors (Lipinski definition) is 1. The Kier molecular flexibility index (Phi) is 8.35. The number of nitrogens with one attached hydrogen (secondary N) is 1. The predicted octanol–water partition coefficient (Wildman–Crippen LogP) is -0.368. The molecule has 6 nitrogen and oxygen atoms in total. The maximum absolute atomic E-state index is 11.9. The molecule has 0 saturated heterocycles. The minimum atomic E-state index is -0.403. The average Bonchev–Trinajstić information content (AvgIpc) is 2.32. The van der Waals surface area contributed by atoms with Crippen molar-refractivity contribution in [2.45, 2.75) is 19.9 Å². The summed E-state index contributed by atoms with van der Waals surface area (Å²) in [6.45, 7) is 4.51. The van der Waals surface area contributed by atoms with Crippen molar-refractivity contribution in [1.82, 2.24) is 10.2 Å². The van der Waals surface area contributed by atoms with Crippen LogP contribution in [0.1, 0.15) is 13.8 Å². The first-order valence-corrected chi connectivity index (χ1v) is 5.67. The van der Waals surface area contributed by atoms with Crippen molar-refractivity contribution < 1.29 is 19.1 Å². The van der Waals surface area contributed by atoms with Crippen LogP contribution in [0.2, 0.25) is 0 Å². The van der Waals surface area contributed by atoms with Crippen LogP contribution in [-0.4, -0.2) is 63.3 Å². The van der Waals surface area contributed by atoms with Crippen molar-refractivity contribution in [2.75, 3.05) is 40.5 Å². The highest BCUT2D eigenvalue weighted by atomic mass is 16.5. The summed E-state index contributed by atoms with van der Waals surface area (Å²) >= 11 is 0. The molecule has 0 fully saturated rings. The number of amides is 1. The molecule has 0 aliphatic heterocycles. The lowest BCUT2D eigenvalue weighted by Crippen LogP contribution is -2.47. The van der Waals surface area contributed by atoms with E-state index in [9.17, 15) is 9.59 Å². The van der Waals surface area contributed by atoms with Gasteiger partial charge in [-0.1, -0.05) is 0 Å². The van der Waals surface area contributed by atoms with Crippen LogP contribution in [0.15, 0.2) is 0 Å². The summed E-state index contributed by atoms with van der Waals surface area (Å²) in [5.74, 6) is -0.544. The molecular weight excluding hydrogens is 224 g/mol. The normalized spacial score (nSPS) is 12.0. The zero-order valence-electron chi connectivity index (χ0n) is 11.0. The molecule has 17 heavy (non-hydrogen) atoms. The molecule has 100 valence electrons. The summed E-state index contributed by atoms with van der Waals surface area (Å²) in [5.41, 5.74) is 0. The van der Waals surface area contributed by atoms with E-state index >= 15 is 0 Å². The molecule has 0 rings (SSSR count). The fraction of sp³-hybridized carbons (Fsp3) is 0.818. The molecule has 0 spiro atoms. The molecule has 0 aliphatic rings. The molecule has 0 aliphatic carbocycles. The molecule has 0 aromatic heterocycles. The van der Waals surface area contributed by atoms with Crippen LogP contribution >= 0.6 is 0 Å². The van der Waals surface area contributed by atoms with E-state index in [1.807, 2.05) is 0 Å². The summed E-state index contributed by atoms with van der Waals surface area (Å²) in [4.78, 5) is 24.7. The quantitative estimate of drug-likeness (QED) is 0.592. The van der Waals surface area contributed by atoms with Crippen LogP contribution in [0.25, 0.3) is 0 Å². The van der Waals surface area contributed by atoms with Crippen LogP contribution in [0.4, 0.5) is 0 Å². The van der Waals surface area contributed by atoms with Crippen molar-refractivity contribution in [1.29, 1.82) is 0 Å². The topological polar surface area (TPSA) is 67.9 Å². The molecule has 1 N–H and O–H groups in total. The third kappa shape index (κ3) is 6.23. The Hall–Kier alpha value is -1.14. The fourth-order valence-corrected chi connectivity index (χ4v) is 1.23. The van der Waals surface area contributed by atoms with E-state index in [1.165, 1.54) is 4.90 Å². The first-order valence-electron chi connectivity index (χ1n) is 5.67. The summed E-state index contributed by atoms with van der Waals surface area (Å²) in [6, 6.07) is -0.332.